The van der Waals surface area contributed by atoms with Crippen LogP contribution in [0.2, 0.25) is 0 Å². The van der Waals surface area contributed by atoms with Crippen molar-refractivity contribution in [2.75, 3.05) is 0 Å². The van der Waals surface area contributed by atoms with Crippen LogP contribution >= 0.6 is 0 Å². The minimum Gasteiger partial charge on any atom is -0.460 e. The van der Waals surface area contributed by atoms with Gasteiger partial charge >= 0.3 is 0 Å². The van der Waals surface area contributed by atoms with Gasteiger partial charge in [-0.15, -0.1) is 0 Å². The van der Waals surface area contributed by atoms with E-state index in [1.165, 1.54) is 0 Å². The van der Waals surface area contributed by atoms with Gasteiger partial charge in [-0.2, -0.15) is 0 Å². The van der Waals surface area contributed by atoms with E-state index in [-0.39, 0.29) is 5.92 Å². The minimum atomic E-state index is 0.177. The fourth-order valence-corrected chi connectivity index (χ4v) is 7.16. The Bertz CT molecular complexity index is 2570. The van der Waals surface area contributed by atoms with Gasteiger partial charge in [0, 0.05) is 68.2 Å². The van der Waals surface area contributed by atoms with Gasteiger partial charge in [-0.3, -0.25) is 4.98 Å². The average Bonchev–Trinajstić information content (AvgIpc) is 3.75. The SMILES string of the molecule is C1=CC2C=Cc3c(oc4cccc(-c5ccc(-c6nc(-c7ccccc7)nc(-c7ccccc7)n6)c6c5oc5ccncc56)c34)C2C=C1. The third kappa shape index (κ3) is 4.12. The van der Waals surface area contributed by atoms with Crippen molar-refractivity contribution >= 4 is 39.0 Å². The Kier molecular flexibility index (Phi) is 5.90. The lowest BCUT2D eigenvalue weighted by molar-refractivity contribution is 0.492. The molecular weight excluding hydrogens is 592 g/mol. The number of benzene rings is 4. The van der Waals surface area contributed by atoms with Crippen LogP contribution in [-0.4, -0.2) is 19.9 Å². The van der Waals surface area contributed by atoms with Crippen molar-refractivity contribution in [1.82, 2.24) is 19.9 Å². The summed E-state index contributed by atoms with van der Waals surface area (Å²) < 4.78 is 13.3. The quantitative estimate of drug-likeness (QED) is 0.195. The molecular formula is C42H26N4O2. The topological polar surface area (TPSA) is 77.8 Å². The largest absolute Gasteiger partial charge is 0.460 e. The summed E-state index contributed by atoms with van der Waals surface area (Å²) >= 11 is 0. The molecule has 48 heavy (non-hydrogen) atoms. The molecule has 6 heteroatoms. The van der Waals surface area contributed by atoms with Gasteiger partial charge in [0.15, 0.2) is 17.5 Å². The van der Waals surface area contributed by atoms with Gasteiger partial charge in [0.05, 0.1) is 0 Å². The third-order valence-corrected chi connectivity index (χ3v) is 9.40. The van der Waals surface area contributed by atoms with Crippen LogP contribution in [0.1, 0.15) is 17.2 Å². The Labute approximate surface area is 275 Å². The summed E-state index contributed by atoms with van der Waals surface area (Å²) in [5, 5.41) is 2.89. The zero-order valence-corrected chi connectivity index (χ0v) is 25.6. The normalized spacial score (nSPS) is 16.5. The van der Waals surface area contributed by atoms with Crippen LogP contribution in [0.25, 0.3) is 84.3 Å². The number of fused-ring (bicyclic) bond motifs is 8. The molecule has 0 N–H and O–H groups in total. The first-order valence-electron chi connectivity index (χ1n) is 16.1. The molecule has 10 rings (SSSR count). The highest BCUT2D eigenvalue weighted by atomic mass is 16.3. The highest BCUT2D eigenvalue weighted by Crippen LogP contribution is 2.48. The second kappa shape index (κ2) is 10.6. The predicted octanol–water partition coefficient (Wildman–Crippen LogP) is 10.4. The third-order valence-electron chi connectivity index (χ3n) is 9.40. The highest BCUT2D eigenvalue weighted by molar-refractivity contribution is 6.17. The predicted molar refractivity (Wildman–Crippen MR) is 190 cm³/mol. The molecule has 8 aromatic rings. The Morgan fingerprint density at radius 1 is 0.542 bits per heavy atom. The van der Waals surface area contributed by atoms with Crippen LogP contribution in [0.15, 0.2) is 149 Å². The molecule has 0 spiro atoms. The van der Waals surface area contributed by atoms with Gasteiger partial charge in [0.25, 0.3) is 0 Å². The Balaban J connectivity index is 1.23. The Morgan fingerprint density at radius 3 is 2.06 bits per heavy atom. The van der Waals surface area contributed by atoms with Crippen molar-refractivity contribution in [3.63, 3.8) is 0 Å². The van der Waals surface area contributed by atoms with Crippen LogP contribution in [0.3, 0.4) is 0 Å². The number of nitrogens with zero attached hydrogens (tertiary/aromatic N) is 4. The monoisotopic (exact) mass is 618 g/mol. The van der Waals surface area contributed by atoms with Crippen LogP contribution in [0.4, 0.5) is 0 Å². The summed E-state index contributed by atoms with van der Waals surface area (Å²) in [5.74, 6) is 3.25. The Morgan fingerprint density at radius 2 is 1.27 bits per heavy atom. The zero-order valence-electron chi connectivity index (χ0n) is 25.6. The molecule has 0 aliphatic heterocycles. The molecule has 4 aromatic heterocycles. The van der Waals surface area contributed by atoms with E-state index in [9.17, 15) is 0 Å². The van der Waals surface area contributed by atoms with Crippen LogP contribution in [0, 0.1) is 5.92 Å². The van der Waals surface area contributed by atoms with E-state index < -0.39 is 0 Å². The smallest absolute Gasteiger partial charge is 0.164 e. The van der Waals surface area contributed by atoms with Gasteiger partial charge in [0.1, 0.15) is 22.5 Å². The molecule has 0 amide bonds. The van der Waals surface area contributed by atoms with Crippen molar-refractivity contribution in [3.8, 4) is 45.3 Å². The summed E-state index contributed by atoms with van der Waals surface area (Å²) in [4.78, 5) is 19.5. The number of pyridine rings is 1. The second-order valence-corrected chi connectivity index (χ2v) is 12.2. The van der Waals surface area contributed by atoms with Crippen LogP contribution < -0.4 is 0 Å². The maximum absolute atomic E-state index is 6.71. The molecule has 4 aromatic carbocycles. The molecule has 2 unspecified atom stereocenters. The molecule has 2 aliphatic carbocycles. The van der Waals surface area contributed by atoms with E-state index >= 15 is 0 Å². The van der Waals surface area contributed by atoms with E-state index in [2.05, 4.69) is 71.8 Å². The first kappa shape index (κ1) is 26.8. The molecule has 0 saturated carbocycles. The number of allylic oxidation sites excluding steroid dienone is 5. The number of furan rings is 2. The highest BCUT2D eigenvalue weighted by Gasteiger charge is 2.30. The van der Waals surface area contributed by atoms with Crippen LogP contribution in [-0.2, 0) is 0 Å². The molecule has 2 atom stereocenters. The summed E-state index contributed by atoms with van der Waals surface area (Å²) in [6.07, 6.45) is 16.8. The molecule has 0 saturated heterocycles. The summed E-state index contributed by atoms with van der Waals surface area (Å²) in [6.45, 7) is 0. The maximum Gasteiger partial charge on any atom is 0.164 e. The van der Waals surface area contributed by atoms with E-state index in [0.29, 0.717) is 23.4 Å². The first-order valence-corrected chi connectivity index (χ1v) is 16.1. The lowest BCUT2D eigenvalue weighted by Crippen LogP contribution is -2.11. The first-order chi connectivity index (χ1) is 23.8. The summed E-state index contributed by atoms with van der Waals surface area (Å²) in [6, 6.07) is 32.4. The van der Waals surface area contributed by atoms with Gasteiger partial charge in [-0.05, 0) is 29.8 Å². The van der Waals surface area contributed by atoms with E-state index in [1.54, 1.807) is 6.20 Å². The molecule has 6 nitrogen and oxygen atoms in total. The van der Waals surface area contributed by atoms with Crippen molar-refractivity contribution < 1.29 is 8.83 Å². The van der Waals surface area contributed by atoms with Crippen molar-refractivity contribution in [3.05, 3.63) is 151 Å². The summed E-state index contributed by atoms with van der Waals surface area (Å²) in [5.41, 5.74) is 8.17. The maximum atomic E-state index is 6.71. The number of aromatic nitrogens is 4. The zero-order chi connectivity index (χ0) is 31.6. The molecule has 226 valence electrons. The van der Waals surface area contributed by atoms with Crippen molar-refractivity contribution in [1.29, 1.82) is 0 Å². The minimum absolute atomic E-state index is 0.177. The molecule has 4 heterocycles. The van der Waals surface area contributed by atoms with Crippen LogP contribution in [0.5, 0.6) is 0 Å². The van der Waals surface area contributed by atoms with E-state index in [0.717, 1.165) is 72.0 Å². The fourth-order valence-electron chi connectivity index (χ4n) is 7.16. The van der Waals surface area contributed by atoms with E-state index in [4.69, 9.17) is 23.8 Å². The number of hydrogen-bond acceptors (Lipinski definition) is 6. The van der Waals surface area contributed by atoms with E-state index in [1.807, 2.05) is 72.9 Å². The number of rotatable bonds is 4. The van der Waals surface area contributed by atoms with Gasteiger partial charge < -0.3 is 8.83 Å². The van der Waals surface area contributed by atoms with Gasteiger partial charge in [-0.1, -0.05) is 109 Å². The molecule has 0 fully saturated rings. The summed E-state index contributed by atoms with van der Waals surface area (Å²) in [7, 11) is 0. The lowest BCUT2D eigenvalue weighted by Gasteiger charge is -2.23. The second-order valence-electron chi connectivity index (χ2n) is 12.2. The Hall–Kier alpha value is -6.40. The van der Waals surface area contributed by atoms with Crippen molar-refractivity contribution in [2.45, 2.75) is 5.92 Å². The fraction of sp³-hybridized carbons (Fsp3) is 0.0476. The standard InChI is InChI=1S/C42H26N4O2/c1-3-11-26(12-4-1)40-44-41(27-13-5-2-6-14-27)46-42(45-40)32-21-20-30(39-37(32)33-24-43-23-22-34(33)47-39)29-16-9-17-35-36(29)31-19-18-25-10-7-8-15-28(25)38(31)48-35/h1-25,28H. The number of hydrogen-bond donors (Lipinski definition) is 0. The molecule has 2 aliphatic rings. The lowest BCUT2D eigenvalue weighted by atomic mass is 9.80. The van der Waals surface area contributed by atoms with Gasteiger partial charge in [0.2, 0.25) is 0 Å². The average molecular weight is 619 g/mol. The molecule has 0 radical (unpaired) electrons. The van der Waals surface area contributed by atoms with Crippen molar-refractivity contribution in [2.24, 2.45) is 5.92 Å². The molecule has 0 bridgehead atoms. The van der Waals surface area contributed by atoms with Gasteiger partial charge in [-0.25, -0.2) is 15.0 Å².